The molecule has 0 radical (unpaired) electrons. The number of rotatable bonds is 3. The average Bonchev–Trinajstić information content (AvgIpc) is 3.40. The maximum Gasteiger partial charge on any atom is 0.229 e. The minimum absolute atomic E-state index is 0.0706. The molecule has 0 unspecified atom stereocenters. The molecule has 1 atom stereocenters. The largest absolute Gasteiger partial charge is 0.332 e. The van der Waals surface area contributed by atoms with Gasteiger partial charge in [0.05, 0.1) is 30.0 Å². The molecule has 0 bridgehead atoms. The quantitative estimate of drug-likeness (QED) is 0.837. The van der Waals surface area contributed by atoms with E-state index in [0.717, 1.165) is 60.2 Å². The van der Waals surface area contributed by atoms with Crippen LogP contribution in [0.1, 0.15) is 31.1 Å². The van der Waals surface area contributed by atoms with Gasteiger partial charge in [0.1, 0.15) is 5.82 Å². The van der Waals surface area contributed by atoms with Gasteiger partial charge in [-0.3, -0.25) is 9.79 Å². The Hall–Kier alpha value is -2.28. The Balaban J connectivity index is 1.39. The normalized spacial score (nSPS) is 22.1. The number of amides is 1. The molecule has 0 saturated carbocycles. The summed E-state index contributed by atoms with van der Waals surface area (Å²) in [5.41, 5.74) is 3.21. The predicted molar refractivity (Wildman–Crippen MR) is 104 cm³/mol. The van der Waals surface area contributed by atoms with Crippen LogP contribution in [-0.4, -0.2) is 50.1 Å². The first kappa shape index (κ1) is 15.9. The lowest BCUT2D eigenvalue weighted by molar-refractivity contribution is -0.131. The lowest BCUT2D eigenvalue weighted by atomic mass is 10.2. The molecule has 2 aromatic rings. The van der Waals surface area contributed by atoms with Crippen LogP contribution in [-0.2, 0) is 11.8 Å². The number of benzene rings is 1. The second kappa shape index (κ2) is 6.16. The zero-order valence-electron chi connectivity index (χ0n) is 14.8. The van der Waals surface area contributed by atoms with Gasteiger partial charge in [-0.2, -0.15) is 0 Å². The topological polar surface area (TPSA) is 53.7 Å². The fourth-order valence-corrected chi connectivity index (χ4v) is 5.12. The molecule has 3 aliphatic rings. The molecule has 0 aliphatic carbocycles. The van der Waals surface area contributed by atoms with Crippen LogP contribution in [0.25, 0.3) is 11.0 Å². The molecule has 0 N–H and O–H groups in total. The van der Waals surface area contributed by atoms with Gasteiger partial charge < -0.3 is 14.4 Å². The number of para-hydroxylation sites is 2. The summed E-state index contributed by atoms with van der Waals surface area (Å²) < 4.78 is 2.14. The van der Waals surface area contributed by atoms with Gasteiger partial charge in [-0.1, -0.05) is 23.9 Å². The van der Waals surface area contributed by atoms with E-state index in [-0.39, 0.29) is 11.9 Å². The molecule has 5 rings (SSSR count). The first-order chi connectivity index (χ1) is 12.7. The van der Waals surface area contributed by atoms with Crippen molar-refractivity contribution in [3.05, 3.63) is 41.2 Å². The summed E-state index contributed by atoms with van der Waals surface area (Å²) in [6.07, 6.45) is 2.46. The number of fused-ring (bicyclic) bond motifs is 2. The van der Waals surface area contributed by atoms with E-state index in [0.29, 0.717) is 6.42 Å². The molecule has 1 saturated heterocycles. The minimum atomic E-state index is 0.0706. The molecule has 3 aliphatic heterocycles. The van der Waals surface area contributed by atoms with Gasteiger partial charge in [0.25, 0.3) is 0 Å². The third-order valence-corrected chi connectivity index (χ3v) is 6.42. The van der Waals surface area contributed by atoms with Crippen LogP contribution in [0.15, 0.2) is 40.4 Å². The SMILES string of the molecule is Cn1c([C@H]2CCCN2C(=O)CC2=CSC3=NCCN23)nc2ccccc21. The maximum atomic E-state index is 13.1. The van der Waals surface area contributed by atoms with Crippen molar-refractivity contribution in [3.63, 3.8) is 0 Å². The molecular weight excluding hydrogens is 346 g/mol. The number of likely N-dealkylation sites (tertiary alicyclic amines) is 1. The number of nitrogens with zero attached hydrogens (tertiary/aromatic N) is 5. The smallest absolute Gasteiger partial charge is 0.229 e. The Kier molecular flexibility index (Phi) is 3.77. The minimum Gasteiger partial charge on any atom is -0.332 e. The van der Waals surface area contributed by atoms with Crippen LogP contribution in [0.2, 0.25) is 0 Å². The predicted octanol–water partition coefficient (Wildman–Crippen LogP) is 2.89. The third kappa shape index (κ3) is 2.45. The maximum absolute atomic E-state index is 13.1. The van der Waals surface area contributed by atoms with E-state index in [1.54, 1.807) is 11.8 Å². The Bertz CT molecular complexity index is 947. The van der Waals surface area contributed by atoms with E-state index in [1.165, 1.54) is 0 Å². The molecule has 7 heteroatoms. The lowest BCUT2D eigenvalue weighted by Crippen LogP contribution is -2.33. The van der Waals surface area contributed by atoms with Crippen molar-refractivity contribution >= 4 is 33.9 Å². The Labute approximate surface area is 156 Å². The molecule has 4 heterocycles. The molecule has 1 aromatic carbocycles. The van der Waals surface area contributed by atoms with Gasteiger partial charge >= 0.3 is 0 Å². The summed E-state index contributed by atoms with van der Waals surface area (Å²) >= 11 is 1.63. The van der Waals surface area contributed by atoms with Crippen LogP contribution >= 0.6 is 11.8 Å². The highest BCUT2D eigenvalue weighted by Gasteiger charge is 2.35. The summed E-state index contributed by atoms with van der Waals surface area (Å²) in [6.45, 7) is 2.55. The highest BCUT2D eigenvalue weighted by molar-refractivity contribution is 8.16. The van der Waals surface area contributed by atoms with E-state index in [2.05, 4.69) is 33.0 Å². The monoisotopic (exact) mass is 367 g/mol. The third-order valence-electron chi connectivity index (χ3n) is 5.47. The highest BCUT2D eigenvalue weighted by Crippen LogP contribution is 2.36. The summed E-state index contributed by atoms with van der Waals surface area (Å²) in [7, 11) is 2.05. The molecule has 1 aromatic heterocycles. The number of aryl methyl sites for hydroxylation is 1. The van der Waals surface area contributed by atoms with Gasteiger partial charge in [0.2, 0.25) is 5.91 Å². The summed E-state index contributed by atoms with van der Waals surface area (Å²) in [5.74, 6) is 1.19. The zero-order chi connectivity index (χ0) is 17.7. The number of aromatic nitrogens is 2. The number of carbonyl (C=O) groups excluding carboxylic acids is 1. The summed E-state index contributed by atoms with van der Waals surface area (Å²) in [5, 5.41) is 3.12. The van der Waals surface area contributed by atoms with Crippen molar-refractivity contribution in [2.24, 2.45) is 12.0 Å². The molecule has 0 spiro atoms. The van der Waals surface area contributed by atoms with Gasteiger partial charge in [0, 0.05) is 25.8 Å². The van der Waals surface area contributed by atoms with Crippen molar-refractivity contribution in [3.8, 4) is 0 Å². The first-order valence-corrected chi connectivity index (χ1v) is 9.99. The number of thioether (sulfide) groups is 1. The van der Waals surface area contributed by atoms with Crippen LogP contribution < -0.4 is 0 Å². The summed E-state index contributed by atoms with van der Waals surface area (Å²) in [4.78, 5) is 26.6. The standard InChI is InChI=1S/C19H21N5OS/c1-22-15-6-3-2-5-14(15)21-18(22)16-7-4-9-24(16)17(25)11-13-12-26-19-20-8-10-23(13)19/h2-3,5-6,12,16H,4,7-11H2,1H3/t16-/m1/s1. The van der Waals surface area contributed by atoms with Crippen molar-refractivity contribution in [1.82, 2.24) is 19.4 Å². The molecule has 1 amide bonds. The van der Waals surface area contributed by atoms with Crippen LogP contribution in [0.3, 0.4) is 0 Å². The Morgan fingerprint density at radius 2 is 2.19 bits per heavy atom. The number of amidine groups is 1. The first-order valence-electron chi connectivity index (χ1n) is 9.11. The van der Waals surface area contributed by atoms with E-state index < -0.39 is 0 Å². The molecule has 26 heavy (non-hydrogen) atoms. The fourth-order valence-electron chi connectivity index (χ4n) is 4.17. The number of carbonyl (C=O) groups is 1. The van der Waals surface area contributed by atoms with Crippen molar-refractivity contribution in [2.75, 3.05) is 19.6 Å². The van der Waals surface area contributed by atoms with Gasteiger partial charge in [-0.25, -0.2) is 4.98 Å². The van der Waals surface area contributed by atoms with Crippen LogP contribution in [0, 0.1) is 0 Å². The molecule has 1 fully saturated rings. The van der Waals surface area contributed by atoms with Crippen molar-refractivity contribution in [2.45, 2.75) is 25.3 Å². The van der Waals surface area contributed by atoms with Crippen molar-refractivity contribution in [1.29, 1.82) is 0 Å². The molecule has 6 nitrogen and oxygen atoms in total. The number of aliphatic imine (C=N–C) groups is 1. The van der Waals surface area contributed by atoms with E-state index in [9.17, 15) is 4.79 Å². The fraction of sp³-hybridized carbons (Fsp3) is 0.421. The number of hydrogen-bond acceptors (Lipinski definition) is 5. The van der Waals surface area contributed by atoms with E-state index in [4.69, 9.17) is 4.98 Å². The van der Waals surface area contributed by atoms with Crippen LogP contribution in [0.5, 0.6) is 0 Å². The lowest BCUT2D eigenvalue weighted by Gasteiger charge is -2.26. The van der Waals surface area contributed by atoms with Gasteiger partial charge in [-0.05, 0) is 30.4 Å². The Morgan fingerprint density at radius 3 is 3.08 bits per heavy atom. The van der Waals surface area contributed by atoms with Crippen LogP contribution in [0.4, 0.5) is 0 Å². The van der Waals surface area contributed by atoms with Crippen molar-refractivity contribution < 1.29 is 4.79 Å². The highest BCUT2D eigenvalue weighted by atomic mass is 32.2. The molecular formula is C19H21N5OS. The summed E-state index contributed by atoms with van der Waals surface area (Å²) in [6, 6.07) is 8.23. The van der Waals surface area contributed by atoms with E-state index >= 15 is 0 Å². The van der Waals surface area contributed by atoms with Gasteiger partial charge in [-0.15, -0.1) is 0 Å². The van der Waals surface area contributed by atoms with E-state index in [1.807, 2.05) is 23.1 Å². The van der Waals surface area contributed by atoms with Gasteiger partial charge in [0.15, 0.2) is 5.17 Å². The number of imidazole rings is 1. The Morgan fingerprint density at radius 1 is 1.31 bits per heavy atom. The second-order valence-electron chi connectivity index (χ2n) is 6.98. The molecule has 134 valence electrons. The average molecular weight is 367 g/mol. The number of hydrogen-bond donors (Lipinski definition) is 0. The zero-order valence-corrected chi connectivity index (χ0v) is 15.6. The second-order valence-corrected chi connectivity index (χ2v) is 7.82.